The number of carbonyl (C=O) groups excluding carboxylic acids is 2. The third-order valence-corrected chi connectivity index (χ3v) is 4.26. The summed E-state index contributed by atoms with van der Waals surface area (Å²) in [6.45, 7) is 1.13. The normalized spacial score (nSPS) is 15.7. The second-order valence-corrected chi connectivity index (χ2v) is 5.60. The zero-order valence-corrected chi connectivity index (χ0v) is 12.0. The minimum atomic E-state index is -0.196. The lowest BCUT2D eigenvalue weighted by Gasteiger charge is -2.14. The summed E-state index contributed by atoms with van der Waals surface area (Å²) in [6.07, 6.45) is 1.59. The number of carbonyl (C=O) groups is 2. The first-order valence-electron chi connectivity index (χ1n) is 7.44. The molecule has 2 aliphatic rings. The average molecular weight is 293 g/mol. The van der Waals surface area contributed by atoms with Gasteiger partial charge in [-0.15, -0.1) is 0 Å². The second kappa shape index (κ2) is 4.98. The molecule has 4 rings (SSSR count). The summed E-state index contributed by atoms with van der Waals surface area (Å²) < 4.78 is 5.56. The maximum absolute atomic E-state index is 12.3. The Kier molecular flexibility index (Phi) is 2.96. The summed E-state index contributed by atoms with van der Waals surface area (Å²) in [4.78, 5) is 25.9. The van der Waals surface area contributed by atoms with Crippen molar-refractivity contribution in [3.8, 4) is 5.75 Å². The molecule has 2 aromatic carbocycles. The van der Waals surface area contributed by atoms with E-state index in [1.807, 2.05) is 12.1 Å². The van der Waals surface area contributed by atoms with Crippen molar-refractivity contribution in [2.45, 2.75) is 12.8 Å². The first-order chi connectivity index (χ1) is 10.7. The van der Waals surface area contributed by atoms with Gasteiger partial charge in [-0.2, -0.15) is 0 Å². The van der Waals surface area contributed by atoms with Gasteiger partial charge < -0.3 is 4.74 Å². The van der Waals surface area contributed by atoms with E-state index in [9.17, 15) is 9.59 Å². The summed E-state index contributed by atoms with van der Waals surface area (Å²) in [6, 6.07) is 13.1. The van der Waals surface area contributed by atoms with Crippen LogP contribution in [0.4, 0.5) is 0 Å². The Morgan fingerprint density at radius 1 is 1.00 bits per heavy atom. The lowest BCUT2D eigenvalue weighted by atomic mass is 10.1. The van der Waals surface area contributed by atoms with E-state index in [2.05, 4.69) is 6.07 Å². The van der Waals surface area contributed by atoms with Crippen LogP contribution in [-0.2, 0) is 12.8 Å². The van der Waals surface area contributed by atoms with Gasteiger partial charge in [-0.25, -0.2) is 0 Å². The van der Waals surface area contributed by atoms with Gasteiger partial charge in [0.2, 0.25) is 0 Å². The molecule has 0 bridgehead atoms. The number of amides is 2. The Morgan fingerprint density at radius 3 is 2.45 bits per heavy atom. The summed E-state index contributed by atoms with van der Waals surface area (Å²) in [7, 11) is 0. The fourth-order valence-electron chi connectivity index (χ4n) is 3.05. The zero-order valence-electron chi connectivity index (χ0n) is 12.0. The third-order valence-electron chi connectivity index (χ3n) is 4.26. The molecule has 0 aliphatic carbocycles. The first kappa shape index (κ1) is 13.1. The highest BCUT2D eigenvalue weighted by molar-refractivity contribution is 6.21. The molecule has 0 unspecified atom stereocenters. The van der Waals surface area contributed by atoms with E-state index < -0.39 is 0 Å². The monoisotopic (exact) mass is 293 g/mol. The van der Waals surface area contributed by atoms with Gasteiger partial charge >= 0.3 is 0 Å². The van der Waals surface area contributed by atoms with Crippen LogP contribution in [0.1, 0.15) is 31.8 Å². The van der Waals surface area contributed by atoms with Crippen molar-refractivity contribution in [2.75, 3.05) is 13.2 Å². The number of imide groups is 1. The highest BCUT2D eigenvalue weighted by Crippen LogP contribution is 2.27. The molecule has 0 N–H and O–H groups in total. The number of hydrogen-bond donors (Lipinski definition) is 0. The SMILES string of the molecule is O=C1c2ccccc2C(=O)N1CCc1ccc2c(c1)OCC2. The standard InChI is InChI=1S/C18H15NO3/c20-17-14-3-1-2-4-15(14)18(21)19(17)9-7-12-5-6-13-8-10-22-16(13)11-12/h1-6,11H,7-10H2. The van der Waals surface area contributed by atoms with Crippen LogP contribution in [0.5, 0.6) is 5.75 Å². The molecule has 110 valence electrons. The number of nitrogens with zero attached hydrogens (tertiary/aromatic N) is 1. The Bertz CT molecular complexity index is 747. The molecule has 22 heavy (non-hydrogen) atoms. The summed E-state index contributed by atoms with van der Waals surface area (Å²) in [5, 5.41) is 0. The molecular formula is C18H15NO3. The van der Waals surface area contributed by atoms with Gasteiger partial charge in [0, 0.05) is 13.0 Å². The molecule has 0 atom stereocenters. The smallest absolute Gasteiger partial charge is 0.261 e. The predicted molar refractivity (Wildman–Crippen MR) is 81.2 cm³/mol. The molecule has 0 spiro atoms. The number of hydrogen-bond acceptors (Lipinski definition) is 3. The van der Waals surface area contributed by atoms with Gasteiger partial charge in [-0.3, -0.25) is 14.5 Å². The van der Waals surface area contributed by atoms with E-state index >= 15 is 0 Å². The minimum absolute atomic E-state index is 0.196. The Balaban J connectivity index is 1.51. The topological polar surface area (TPSA) is 46.6 Å². The molecule has 2 aliphatic heterocycles. The Labute approximate surface area is 128 Å². The average Bonchev–Trinajstić information content (AvgIpc) is 3.10. The van der Waals surface area contributed by atoms with Crippen LogP contribution in [0.3, 0.4) is 0 Å². The second-order valence-electron chi connectivity index (χ2n) is 5.60. The molecule has 2 aromatic rings. The first-order valence-corrected chi connectivity index (χ1v) is 7.44. The van der Waals surface area contributed by atoms with Crippen LogP contribution >= 0.6 is 0 Å². The predicted octanol–water partition coefficient (Wildman–Crippen LogP) is 2.46. The minimum Gasteiger partial charge on any atom is -0.493 e. The van der Waals surface area contributed by atoms with E-state index in [1.165, 1.54) is 10.5 Å². The van der Waals surface area contributed by atoms with Gasteiger partial charge in [0.1, 0.15) is 5.75 Å². The highest BCUT2D eigenvalue weighted by Gasteiger charge is 2.34. The van der Waals surface area contributed by atoms with Crippen LogP contribution in [0.2, 0.25) is 0 Å². The van der Waals surface area contributed by atoms with Crippen molar-refractivity contribution in [2.24, 2.45) is 0 Å². The van der Waals surface area contributed by atoms with Crippen molar-refractivity contribution in [3.05, 3.63) is 64.7 Å². The van der Waals surface area contributed by atoms with Crippen molar-refractivity contribution in [3.63, 3.8) is 0 Å². The fourth-order valence-corrected chi connectivity index (χ4v) is 3.05. The molecule has 0 saturated carbocycles. The lowest BCUT2D eigenvalue weighted by molar-refractivity contribution is 0.0656. The van der Waals surface area contributed by atoms with Gasteiger partial charge in [-0.05, 0) is 35.7 Å². The van der Waals surface area contributed by atoms with Crippen molar-refractivity contribution in [1.29, 1.82) is 0 Å². The maximum atomic E-state index is 12.3. The van der Waals surface area contributed by atoms with E-state index in [-0.39, 0.29) is 11.8 Å². The van der Waals surface area contributed by atoms with Crippen LogP contribution in [0.25, 0.3) is 0 Å². The van der Waals surface area contributed by atoms with Crippen LogP contribution in [0.15, 0.2) is 42.5 Å². The Morgan fingerprint density at radius 2 is 1.73 bits per heavy atom. The molecule has 4 heteroatoms. The largest absolute Gasteiger partial charge is 0.493 e. The molecule has 0 radical (unpaired) electrons. The zero-order chi connectivity index (χ0) is 15.1. The molecule has 0 fully saturated rings. The summed E-state index contributed by atoms with van der Waals surface area (Å²) in [5.74, 6) is 0.538. The van der Waals surface area contributed by atoms with Crippen LogP contribution < -0.4 is 4.74 Å². The van der Waals surface area contributed by atoms with E-state index in [0.29, 0.717) is 24.1 Å². The van der Waals surface area contributed by atoms with Crippen LogP contribution in [0, 0.1) is 0 Å². The van der Waals surface area contributed by atoms with Crippen molar-refractivity contribution >= 4 is 11.8 Å². The summed E-state index contributed by atoms with van der Waals surface area (Å²) in [5.41, 5.74) is 3.32. The lowest BCUT2D eigenvalue weighted by Crippen LogP contribution is -2.31. The van der Waals surface area contributed by atoms with E-state index in [1.54, 1.807) is 24.3 Å². The summed E-state index contributed by atoms with van der Waals surface area (Å²) >= 11 is 0. The maximum Gasteiger partial charge on any atom is 0.261 e. The number of fused-ring (bicyclic) bond motifs is 2. The third kappa shape index (κ3) is 1.99. The molecule has 4 nitrogen and oxygen atoms in total. The quantitative estimate of drug-likeness (QED) is 0.817. The fraction of sp³-hybridized carbons (Fsp3) is 0.222. The molecular weight excluding hydrogens is 278 g/mol. The highest BCUT2D eigenvalue weighted by atomic mass is 16.5. The molecule has 0 saturated heterocycles. The molecule has 2 heterocycles. The van der Waals surface area contributed by atoms with E-state index in [0.717, 1.165) is 24.3 Å². The number of ether oxygens (including phenoxy) is 1. The van der Waals surface area contributed by atoms with Gasteiger partial charge in [0.25, 0.3) is 11.8 Å². The van der Waals surface area contributed by atoms with Gasteiger partial charge in [0.15, 0.2) is 0 Å². The number of benzene rings is 2. The van der Waals surface area contributed by atoms with Gasteiger partial charge in [-0.1, -0.05) is 24.3 Å². The van der Waals surface area contributed by atoms with E-state index in [4.69, 9.17) is 4.74 Å². The molecule has 0 aromatic heterocycles. The molecule has 2 amide bonds. The van der Waals surface area contributed by atoms with Crippen molar-refractivity contribution < 1.29 is 14.3 Å². The van der Waals surface area contributed by atoms with Gasteiger partial charge in [0.05, 0.1) is 17.7 Å². The van der Waals surface area contributed by atoms with Crippen LogP contribution in [-0.4, -0.2) is 29.9 Å². The van der Waals surface area contributed by atoms with Crippen molar-refractivity contribution in [1.82, 2.24) is 4.90 Å². The number of rotatable bonds is 3. The Hall–Kier alpha value is -2.62.